The molecular weight excluding hydrogens is 418 g/mol. The zero-order valence-electron chi connectivity index (χ0n) is 18.5. The van der Waals surface area contributed by atoms with Gasteiger partial charge >= 0.3 is 0 Å². The van der Waals surface area contributed by atoms with Crippen molar-refractivity contribution < 1.29 is 28.5 Å². The lowest BCUT2D eigenvalue weighted by atomic mass is 10.1. The Morgan fingerprint density at radius 3 is 2.09 bits per heavy atom. The Bertz CT molecular complexity index is 1090. The first kappa shape index (κ1) is 22.5. The summed E-state index contributed by atoms with van der Waals surface area (Å²) in [5.41, 5.74) is 7.11. The summed E-state index contributed by atoms with van der Waals surface area (Å²) in [4.78, 5) is 16.8. The standard InChI is InChI=1S/C21H25N5O6/c1-28-14-7-6-13(10-15(14)29-2)23-18(27)11-26-21(22)24-20(25-26)12-8-16(30-3)19(32-5)17(9-12)31-4/h6-10H,11H2,1-5H3,(H,23,27)(H2,22,24,25). The van der Waals surface area contributed by atoms with Gasteiger partial charge in [-0.3, -0.25) is 4.79 Å². The Kier molecular flexibility index (Phi) is 6.88. The fourth-order valence-electron chi connectivity index (χ4n) is 3.05. The molecule has 0 aliphatic rings. The summed E-state index contributed by atoms with van der Waals surface area (Å²) in [7, 11) is 7.60. The molecule has 2 aromatic carbocycles. The van der Waals surface area contributed by atoms with E-state index in [1.165, 1.54) is 40.2 Å². The van der Waals surface area contributed by atoms with Crippen LogP contribution < -0.4 is 34.7 Å². The first-order valence-corrected chi connectivity index (χ1v) is 9.46. The van der Waals surface area contributed by atoms with Gasteiger partial charge in [0.15, 0.2) is 28.8 Å². The molecule has 0 fully saturated rings. The number of nitrogens with one attached hydrogen (secondary N) is 1. The first-order chi connectivity index (χ1) is 15.4. The molecule has 0 bridgehead atoms. The molecule has 0 aliphatic carbocycles. The number of nitrogens with zero attached hydrogens (tertiary/aromatic N) is 3. The van der Waals surface area contributed by atoms with E-state index in [0.717, 1.165) is 0 Å². The summed E-state index contributed by atoms with van der Waals surface area (Å²) in [6, 6.07) is 8.45. The van der Waals surface area contributed by atoms with Gasteiger partial charge in [0.25, 0.3) is 0 Å². The summed E-state index contributed by atoms with van der Waals surface area (Å²) in [6.07, 6.45) is 0. The van der Waals surface area contributed by atoms with Crippen molar-refractivity contribution in [3.8, 4) is 40.1 Å². The fraction of sp³-hybridized carbons (Fsp3) is 0.286. The van der Waals surface area contributed by atoms with E-state index in [0.29, 0.717) is 45.8 Å². The Morgan fingerprint density at radius 1 is 0.906 bits per heavy atom. The van der Waals surface area contributed by atoms with Gasteiger partial charge in [-0.1, -0.05) is 0 Å². The number of benzene rings is 2. The number of hydrogen-bond donors (Lipinski definition) is 2. The van der Waals surface area contributed by atoms with Gasteiger partial charge in [0.1, 0.15) is 6.54 Å². The van der Waals surface area contributed by atoms with E-state index in [1.54, 1.807) is 30.3 Å². The van der Waals surface area contributed by atoms with Crippen LogP contribution in [-0.2, 0) is 11.3 Å². The van der Waals surface area contributed by atoms with Crippen molar-refractivity contribution in [3.63, 3.8) is 0 Å². The average Bonchev–Trinajstić information content (AvgIpc) is 3.17. The van der Waals surface area contributed by atoms with E-state index < -0.39 is 0 Å². The molecule has 32 heavy (non-hydrogen) atoms. The number of methoxy groups -OCH3 is 5. The summed E-state index contributed by atoms with van der Waals surface area (Å²) in [6.45, 7) is -0.141. The largest absolute Gasteiger partial charge is 0.493 e. The number of rotatable bonds is 9. The molecule has 3 N–H and O–H groups in total. The zero-order chi connectivity index (χ0) is 23.3. The van der Waals surface area contributed by atoms with Crippen LogP contribution >= 0.6 is 0 Å². The number of ether oxygens (including phenoxy) is 5. The van der Waals surface area contributed by atoms with Gasteiger partial charge in [-0.15, -0.1) is 5.10 Å². The van der Waals surface area contributed by atoms with Crippen molar-refractivity contribution in [3.05, 3.63) is 30.3 Å². The Labute approximate surface area is 185 Å². The third kappa shape index (κ3) is 4.61. The smallest absolute Gasteiger partial charge is 0.246 e. The van der Waals surface area contributed by atoms with Gasteiger partial charge in [-0.25, -0.2) is 4.68 Å². The highest BCUT2D eigenvalue weighted by atomic mass is 16.5. The monoisotopic (exact) mass is 443 g/mol. The lowest BCUT2D eigenvalue weighted by Crippen LogP contribution is -2.20. The molecular formula is C21H25N5O6. The minimum atomic E-state index is -0.342. The third-order valence-corrected chi connectivity index (χ3v) is 4.58. The summed E-state index contributed by atoms with van der Waals surface area (Å²) < 4.78 is 27.8. The molecule has 11 heteroatoms. The number of aromatic nitrogens is 3. The normalized spacial score (nSPS) is 10.4. The summed E-state index contributed by atoms with van der Waals surface area (Å²) >= 11 is 0. The summed E-state index contributed by atoms with van der Waals surface area (Å²) in [5.74, 6) is 2.43. The molecule has 1 heterocycles. The highest BCUT2D eigenvalue weighted by molar-refractivity contribution is 5.91. The van der Waals surface area contributed by atoms with Crippen molar-refractivity contribution in [2.75, 3.05) is 46.6 Å². The molecule has 0 radical (unpaired) electrons. The SMILES string of the molecule is COc1ccc(NC(=O)Cn2nc(-c3cc(OC)c(OC)c(OC)c3)nc2N)cc1OC. The maximum absolute atomic E-state index is 12.5. The first-order valence-electron chi connectivity index (χ1n) is 9.46. The second-order valence-corrected chi connectivity index (χ2v) is 6.48. The third-order valence-electron chi connectivity index (χ3n) is 4.58. The quantitative estimate of drug-likeness (QED) is 0.511. The molecule has 0 spiro atoms. The van der Waals surface area contributed by atoms with E-state index >= 15 is 0 Å². The molecule has 1 amide bonds. The van der Waals surface area contributed by atoms with Crippen molar-refractivity contribution in [1.82, 2.24) is 14.8 Å². The highest BCUT2D eigenvalue weighted by Crippen LogP contribution is 2.40. The van der Waals surface area contributed by atoms with Gasteiger partial charge in [0.05, 0.1) is 35.5 Å². The Hall–Kier alpha value is -4.15. The number of anilines is 2. The second kappa shape index (κ2) is 9.77. The van der Waals surface area contributed by atoms with Gasteiger partial charge in [0.2, 0.25) is 17.6 Å². The van der Waals surface area contributed by atoms with Crippen molar-refractivity contribution in [2.24, 2.45) is 0 Å². The van der Waals surface area contributed by atoms with Crippen LogP contribution in [0.2, 0.25) is 0 Å². The molecule has 0 aliphatic heterocycles. The minimum absolute atomic E-state index is 0.0798. The van der Waals surface area contributed by atoms with Gasteiger partial charge in [-0.2, -0.15) is 4.98 Å². The molecule has 0 unspecified atom stereocenters. The van der Waals surface area contributed by atoms with Crippen molar-refractivity contribution >= 4 is 17.5 Å². The topological polar surface area (TPSA) is 132 Å². The number of amides is 1. The van der Waals surface area contributed by atoms with Crippen LogP contribution in [0.5, 0.6) is 28.7 Å². The Morgan fingerprint density at radius 2 is 1.53 bits per heavy atom. The lowest BCUT2D eigenvalue weighted by molar-refractivity contribution is -0.116. The number of carbonyl (C=O) groups excluding carboxylic acids is 1. The average molecular weight is 443 g/mol. The van der Waals surface area contributed by atoms with E-state index in [1.807, 2.05) is 0 Å². The second-order valence-electron chi connectivity index (χ2n) is 6.48. The fourth-order valence-corrected chi connectivity index (χ4v) is 3.05. The Balaban J connectivity index is 1.81. The van der Waals surface area contributed by atoms with Crippen LogP contribution in [0.3, 0.4) is 0 Å². The molecule has 3 rings (SSSR count). The van der Waals surface area contributed by atoms with Crippen LogP contribution in [-0.4, -0.2) is 56.2 Å². The van der Waals surface area contributed by atoms with E-state index in [-0.39, 0.29) is 18.4 Å². The summed E-state index contributed by atoms with van der Waals surface area (Å²) in [5, 5.41) is 7.12. The molecule has 0 saturated heterocycles. The van der Waals surface area contributed by atoms with Crippen molar-refractivity contribution in [2.45, 2.75) is 6.54 Å². The van der Waals surface area contributed by atoms with Crippen molar-refractivity contribution in [1.29, 1.82) is 0 Å². The minimum Gasteiger partial charge on any atom is -0.493 e. The van der Waals surface area contributed by atoms with Crippen LogP contribution in [0, 0.1) is 0 Å². The molecule has 1 aromatic heterocycles. The predicted molar refractivity (Wildman–Crippen MR) is 118 cm³/mol. The number of nitrogen functional groups attached to an aromatic ring is 1. The van der Waals surface area contributed by atoms with Crippen LogP contribution in [0.25, 0.3) is 11.4 Å². The van der Waals surface area contributed by atoms with Crippen LogP contribution in [0.1, 0.15) is 0 Å². The van der Waals surface area contributed by atoms with Crippen LogP contribution in [0.15, 0.2) is 30.3 Å². The molecule has 0 saturated carbocycles. The lowest BCUT2D eigenvalue weighted by Gasteiger charge is -2.13. The van der Waals surface area contributed by atoms with E-state index in [9.17, 15) is 4.79 Å². The molecule has 0 atom stereocenters. The van der Waals surface area contributed by atoms with Gasteiger partial charge in [0, 0.05) is 17.3 Å². The van der Waals surface area contributed by atoms with Gasteiger partial charge < -0.3 is 34.7 Å². The predicted octanol–water partition coefficient (Wildman–Crippen LogP) is 2.21. The zero-order valence-corrected chi connectivity index (χ0v) is 18.5. The van der Waals surface area contributed by atoms with Crippen LogP contribution in [0.4, 0.5) is 11.6 Å². The van der Waals surface area contributed by atoms with E-state index in [4.69, 9.17) is 29.4 Å². The maximum atomic E-state index is 12.5. The maximum Gasteiger partial charge on any atom is 0.246 e. The number of nitrogens with two attached hydrogens (primary N) is 1. The molecule has 170 valence electrons. The number of hydrogen-bond acceptors (Lipinski definition) is 9. The van der Waals surface area contributed by atoms with Gasteiger partial charge in [-0.05, 0) is 24.3 Å². The number of carbonyl (C=O) groups is 1. The molecule has 11 nitrogen and oxygen atoms in total. The molecule has 3 aromatic rings. The highest BCUT2D eigenvalue weighted by Gasteiger charge is 2.18. The van der Waals surface area contributed by atoms with E-state index in [2.05, 4.69) is 15.4 Å².